The van der Waals surface area contributed by atoms with E-state index in [1.165, 1.54) is 135 Å². The molecule has 0 aliphatic rings. The largest absolute Gasteiger partial charge is 0.462 e. The molecule has 0 N–H and O–H groups in total. The Morgan fingerprint density at radius 3 is 0.827 bits per heavy atom. The molecule has 0 amide bonds. The number of carbonyl (C=O) groups excluding carboxylic acids is 3. The van der Waals surface area contributed by atoms with Gasteiger partial charge in [0, 0.05) is 19.3 Å². The molecule has 6 heteroatoms. The van der Waals surface area contributed by atoms with Crippen LogP contribution in [0.5, 0.6) is 0 Å². The zero-order valence-electron chi connectivity index (χ0n) is 49.0. The maximum Gasteiger partial charge on any atom is 0.306 e. The second-order valence-electron chi connectivity index (χ2n) is 20.6. The Labute approximate surface area is 463 Å². The monoisotopic (exact) mass is 1040 g/mol. The van der Waals surface area contributed by atoms with Gasteiger partial charge in [-0.05, 0) is 109 Å². The molecule has 0 saturated carbocycles. The lowest BCUT2D eigenvalue weighted by Crippen LogP contribution is -2.30. The molecule has 0 aliphatic heterocycles. The first-order valence-electron chi connectivity index (χ1n) is 31.4. The van der Waals surface area contributed by atoms with Crippen LogP contribution in [0.15, 0.2) is 109 Å². The molecule has 0 heterocycles. The van der Waals surface area contributed by atoms with Crippen molar-refractivity contribution in [3.8, 4) is 0 Å². The summed E-state index contributed by atoms with van der Waals surface area (Å²) in [4.78, 5) is 38.0. The molecule has 0 aromatic heterocycles. The van der Waals surface area contributed by atoms with Crippen LogP contribution in [0.1, 0.15) is 290 Å². The molecule has 0 bridgehead atoms. The number of ether oxygens (including phenoxy) is 3. The predicted octanol–water partition coefficient (Wildman–Crippen LogP) is 21.4. The van der Waals surface area contributed by atoms with Gasteiger partial charge in [-0.1, -0.05) is 271 Å². The standard InChI is InChI=1S/C69H116O6/c1-4-7-10-13-16-18-20-22-24-26-28-29-30-31-32-33-34-35-36-37-38-39-40-41-42-44-45-47-49-51-53-56-59-62-68(71)74-65-66(64-73-67(70)61-58-55-15-12-9-6-3)75-69(72)63-60-57-54-52-50-48-46-43-27-25-23-21-19-17-14-11-8-5-2/h7,10,16,18-19,21-22,24-25,27-29,31-32,34-35,37-38,66H,4-6,8-9,11-15,17,20,23,26,30,33,36,39-65H2,1-3H3/b10-7-,18-16-,21-19-,24-22-,27-25-,29-28-,32-31-,35-34-,38-37-. The second kappa shape index (κ2) is 62.6. The maximum absolute atomic E-state index is 12.8. The fourth-order valence-electron chi connectivity index (χ4n) is 8.57. The molecule has 0 aromatic carbocycles. The number of esters is 3. The zero-order chi connectivity index (χ0) is 54.3. The number of rotatable bonds is 56. The van der Waals surface area contributed by atoms with Crippen LogP contribution in [0.3, 0.4) is 0 Å². The highest BCUT2D eigenvalue weighted by molar-refractivity contribution is 5.71. The Kier molecular flexibility index (Phi) is 59.3. The molecule has 0 saturated heterocycles. The average molecular weight is 1040 g/mol. The van der Waals surface area contributed by atoms with Gasteiger partial charge in [-0.15, -0.1) is 0 Å². The number of hydrogen-bond donors (Lipinski definition) is 0. The van der Waals surface area contributed by atoms with Gasteiger partial charge in [-0.2, -0.15) is 0 Å². The summed E-state index contributed by atoms with van der Waals surface area (Å²) in [5.74, 6) is -0.897. The summed E-state index contributed by atoms with van der Waals surface area (Å²) in [5, 5.41) is 0. The number of carbonyl (C=O) groups is 3. The summed E-state index contributed by atoms with van der Waals surface area (Å²) in [7, 11) is 0. The van der Waals surface area contributed by atoms with Crippen molar-refractivity contribution in [2.45, 2.75) is 297 Å². The Hall–Kier alpha value is -3.93. The van der Waals surface area contributed by atoms with Gasteiger partial charge < -0.3 is 14.2 Å². The molecule has 0 rings (SSSR count). The lowest BCUT2D eigenvalue weighted by molar-refractivity contribution is -0.167. The molecule has 1 atom stereocenters. The van der Waals surface area contributed by atoms with E-state index < -0.39 is 6.10 Å². The quantitative estimate of drug-likeness (QED) is 0.0261. The van der Waals surface area contributed by atoms with Crippen molar-refractivity contribution in [3.05, 3.63) is 109 Å². The summed E-state index contributed by atoms with van der Waals surface area (Å²) >= 11 is 0. The lowest BCUT2D eigenvalue weighted by atomic mass is 10.0. The Morgan fingerprint density at radius 2 is 0.520 bits per heavy atom. The molecular weight excluding hydrogens is 925 g/mol. The molecule has 0 aliphatic carbocycles. The van der Waals surface area contributed by atoms with Crippen LogP contribution in [0.25, 0.3) is 0 Å². The first-order chi connectivity index (χ1) is 37.0. The molecule has 0 aromatic rings. The third-order valence-electron chi connectivity index (χ3n) is 13.3. The van der Waals surface area contributed by atoms with E-state index in [2.05, 4.69) is 130 Å². The van der Waals surface area contributed by atoms with E-state index in [1.54, 1.807) is 0 Å². The molecule has 0 spiro atoms. The third-order valence-corrected chi connectivity index (χ3v) is 13.3. The van der Waals surface area contributed by atoms with E-state index in [4.69, 9.17) is 14.2 Å². The first kappa shape index (κ1) is 71.1. The van der Waals surface area contributed by atoms with E-state index in [0.717, 1.165) is 116 Å². The topological polar surface area (TPSA) is 78.9 Å². The van der Waals surface area contributed by atoms with Crippen molar-refractivity contribution < 1.29 is 28.6 Å². The van der Waals surface area contributed by atoms with Gasteiger partial charge in [0.2, 0.25) is 0 Å². The minimum Gasteiger partial charge on any atom is -0.462 e. The van der Waals surface area contributed by atoms with Crippen LogP contribution in [0.4, 0.5) is 0 Å². The van der Waals surface area contributed by atoms with E-state index in [0.29, 0.717) is 19.3 Å². The van der Waals surface area contributed by atoms with E-state index >= 15 is 0 Å². The van der Waals surface area contributed by atoms with Crippen molar-refractivity contribution in [1.29, 1.82) is 0 Å². The van der Waals surface area contributed by atoms with E-state index in [9.17, 15) is 14.4 Å². The molecule has 1 unspecified atom stereocenters. The van der Waals surface area contributed by atoms with Crippen molar-refractivity contribution in [2.24, 2.45) is 0 Å². The molecule has 6 nitrogen and oxygen atoms in total. The summed E-state index contributed by atoms with van der Waals surface area (Å²) in [5.41, 5.74) is 0. The fraction of sp³-hybridized carbons (Fsp3) is 0.696. The number of unbranched alkanes of at least 4 members (excludes halogenated alkanes) is 27. The van der Waals surface area contributed by atoms with Crippen LogP contribution >= 0.6 is 0 Å². The normalized spacial score (nSPS) is 12.8. The fourth-order valence-corrected chi connectivity index (χ4v) is 8.57. The summed E-state index contributed by atoms with van der Waals surface area (Å²) in [6.45, 7) is 6.45. The lowest BCUT2D eigenvalue weighted by Gasteiger charge is -2.18. The zero-order valence-corrected chi connectivity index (χ0v) is 49.0. The summed E-state index contributed by atoms with van der Waals surface area (Å²) in [6.07, 6.45) is 85.5. The van der Waals surface area contributed by atoms with Gasteiger partial charge in [0.1, 0.15) is 13.2 Å². The van der Waals surface area contributed by atoms with Crippen molar-refractivity contribution >= 4 is 17.9 Å². The van der Waals surface area contributed by atoms with E-state index in [1.807, 2.05) is 0 Å². The second-order valence-corrected chi connectivity index (χ2v) is 20.6. The minimum atomic E-state index is -0.781. The van der Waals surface area contributed by atoms with Gasteiger partial charge in [-0.3, -0.25) is 14.4 Å². The van der Waals surface area contributed by atoms with Gasteiger partial charge in [0.15, 0.2) is 6.10 Å². The Bertz CT molecular complexity index is 1520. The highest BCUT2D eigenvalue weighted by Crippen LogP contribution is 2.15. The van der Waals surface area contributed by atoms with Gasteiger partial charge in [-0.25, -0.2) is 0 Å². The van der Waals surface area contributed by atoms with Crippen LogP contribution in [-0.4, -0.2) is 37.2 Å². The van der Waals surface area contributed by atoms with Gasteiger partial charge in [0.05, 0.1) is 0 Å². The van der Waals surface area contributed by atoms with Crippen LogP contribution in [-0.2, 0) is 28.6 Å². The Morgan fingerprint density at radius 1 is 0.280 bits per heavy atom. The number of allylic oxidation sites excluding steroid dienone is 18. The number of hydrogen-bond acceptors (Lipinski definition) is 6. The highest BCUT2D eigenvalue weighted by atomic mass is 16.6. The summed E-state index contributed by atoms with van der Waals surface area (Å²) in [6, 6.07) is 0. The SMILES string of the molecule is CC/C=C\C/C=C\C/C=C\C/C=C\C/C=C\C/C=C\C/C=C\CCCCCCCCCCCCCC(=O)OCC(COC(=O)CCCCCCCC)OC(=O)CCCCCCCCC/C=C\C/C=C\CCCCCC. The maximum atomic E-state index is 12.8. The molecule has 0 radical (unpaired) electrons. The van der Waals surface area contributed by atoms with Crippen LogP contribution in [0, 0.1) is 0 Å². The van der Waals surface area contributed by atoms with Crippen molar-refractivity contribution in [3.63, 3.8) is 0 Å². The first-order valence-corrected chi connectivity index (χ1v) is 31.4. The smallest absolute Gasteiger partial charge is 0.306 e. The molecular formula is C69H116O6. The third kappa shape index (κ3) is 60.8. The summed E-state index contributed by atoms with van der Waals surface area (Å²) < 4.78 is 16.8. The Balaban J connectivity index is 4.08. The van der Waals surface area contributed by atoms with E-state index in [-0.39, 0.29) is 31.1 Å². The van der Waals surface area contributed by atoms with Crippen LogP contribution in [0.2, 0.25) is 0 Å². The molecule has 0 fully saturated rings. The average Bonchev–Trinajstić information content (AvgIpc) is 3.41. The van der Waals surface area contributed by atoms with Crippen LogP contribution < -0.4 is 0 Å². The van der Waals surface area contributed by atoms with Gasteiger partial charge in [0.25, 0.3) is 0 Å². The predicted molar refractivity (Wildman–Crippen MR) is 325 cm³/mol. The minimum absolute atomic E-state index is 0.0810. The van der Waals surface area contributed by atoms with Gasteiger partial charge >= 0.3 is 17.9 Å². The highest BCUT2D eigenvalue weighted by Gasteiger charge is 2.19. The molecule has 428 valence electrons. The molecule has 75 heavy (non-hydrogen) atoms. The van der Waals surface area contributed by atoms with Crippen molar-refractivity contribution in [1.82, 2.24) is 0 Å². The van der Waals surface area contributed by atoms with Crippen molar-refractivity contribution in [2.75, 3.05) is 13.2 Å².